The number of piperidine rings is 1. The molecule has 13 heteroatoms. The van der Waals surface area contributed by atoms with Crippen LogP contribution in [0.1, 0.15) is 42.4 Å². The van der Waals surface area contributed by atoms with Crippen LogP contribution in [0.15, 0.2) is 22.7 Å². The number of anilines is 2. The van der Waals surface area contributed by atoms with Crippen LogP contribution in [0.25, 0.3) is 11.6 Å². The zero-order valence-electron chi connectivity index (χ0n) is 20.8. The number of halogens is 2. The fourth-order valence-electron chi connectivity index (χ4n) is 5.18. The number of nitrogen functional groups attached to an aromatic ring is 1. The largest absolute Gasteiger partial charge is 0.420 e. The Balaban J connectivity index is 1.21. The van der Waals surface area contributed by atoms with Gasteiger partial charge in [-0.1, -0.05) is 30.1 Å². The molecule has 2 saturated heterocycles. The molecule has 0 radical (unpaired) electrons. The molecule has 0 saturated carbocycles. The van der Waals surface area contributed by atoms with Crippen LogP contribution in [-0.4, -0.2) is 85.7 Å². The average Bonchev–Trinajstić information content (AvgIpc) is 3.34. The second-order valence-corrected chi connectivity index (χ2v) is 10.1. The highest BCUT2D eigenvalue weighted by molar-refractivity contribution is 6.31. The van der Waals surface area contributed by atoms with Crippen molar-refractivity contribution in [1.82, 2.24) is 34.9 Å². The first kappa shape index (κ1) is 25.6. The molecule has 0 spiro atoms. The van der Waals surface area contributed by atoms with E-state index in [-0.39, 0.29) is 16.9 Å². The lowest BCUT2D eigenvalue weighted by atomic mass is 9.97. The van der Waals surface area contributed by atoms with Crippen molar-refractivity contribution in [1.29, 1.82) is 0 Å². The number of rotatable bonds is 5. The second kappa shape index (κ2) is 10.8. The van der Waals surface area contributed by atoms with E-state index in [9.17, 15) is 4.79 Å². The summed E-state index contributed by atoms with van der Waals surface area (Å²) in [5.74, 6) is 1.50. The van der Waals surface area contributed by atoms with E-state index in [0.717, 1.165) is 38.9 Å². The summed E-state index contributed by atoms with van der Waals surface area (Å²) in [6, 6.07) is 3.99. The van der Waals surface area contributed by atoms with Crippen LogP contribution >= 0.6 is 23.2 Å². The second-order valence-electron chi connectivity index (χ2n) is 9.33. The topological polar surface area (TPSA) is 130 Å². The number of pyridine rings is 1. The van der Waals surface area contributed by atoms with Crippen molar-refractivity contribution in [3.05, 3.63) is 40.1 Å². The molecule has 11 nitrogen and oxygen atoms in total. The van der Waals surface area contributed by atoms with Gasteiger partial charge in [-0.25, -0.2) is 15.0 Å². The number of nitrogens with zero attached hydrogens (tertiary/aromatic N) is 8. The number of aryl methyl sites for hydroxylation is 1. The third-order valence-corrected chi connectivity index (χ3v) is 7.56. The van der Waals surface area contributed by atoms with Gasteiger partial charge in [0.25, 0.3) is 11.8 Å². The normalized spacial score (nSPS) is 19.4. The number of carbonyl (C=O) groups excluding carboxylic acids is 1. The molecule has 196 valence electrons. The summed E-state index contributed by atoms with van der Waals surface area (Å²) < 4.78 is 5.44. The molecule has 0 aromatic carbocycles. The van der Waals surface area contributed by atoms with Gasteiger partial charge in [0.05, 0.1) is 11.8 Å². The highest BCUT2D eigenvalue weighted by Crippen LogP contribution is 2.30. The van der Waals surface area contributed by atoms with E-state index in [0.29, 0.717) is 59.2 Å². The van der Waals surface area contributed by atoms with E-state index in [4.69, 9.17) is 33.4 Å². The fraction of sp³-hybridized carbons (Fsp3) is 0.500. The first-order valence-corrected chi connectivity index (χ1v) is 13.1. The molecule has 37 heavy (non-hydrogen) atoms. The summed E-state index contributed by atoms with van der Waals surface area (Å²) in [5.41, 5.74) is 6.79. The average molecular weight is 546 g/mol. The van der Waals surface area contributed by atoms with Gasteiger partial charge in [-0.3, -0.25) is 9.69 Å². The molecule has 2 aliphatic heterocycles. The zero-order chi connectivity index (χ0) is 26.1. The summed E-state index contributed by atoms with van der Waals surface area (Å²) in [6.07, 6.45) is 4.42. The molecule has 5 rings (SSSR count). The Morgan fingerprint density at radius 2 is 1.92 bits per heavy atom. The van der Waals surface area contributed by atoms with E-state index >= 15 is 0 Å². The van der Waals surface area contributed by atoms with Crippen LogP contribution in [0.5, 0.6) is 0 Å². The van der Waals surface area contributed by atoms with Crippen LogP contribution in [0.2, 0.25) is 10.3 Å². The minimum atomic E-state index is -0.0932. The van der Waals surface area contributed by atoms with E-state index in [1.54, 1.807) is 25.3 Å². The lowest BCUT2D eigenvalue weighted by molar-refractivity contribution is 0.0491. The van der Waals surface area contributed by atoms with Gasteiger partial charge in [0.2, 0.25) is 5.89 Å². The third kappa shape index (κ3) is 5.34. The number of amides is 1. The lowest BCUT2D eigenvalue weighted by Crippen LogP contribution is -2.58. The smallest absolute Gasteiger partial charge is 0.267 e. The standard InChI is InChI=1S/C24H29Cl2N9O2/c1-3-15-13-34(22-20(26)29-18(12-28-22)23-32-31-14(2)37-23)10-11-35(15)16-6-8-33(9-7-16)24(36)17-4-5-19(25)30-21(17)27/h4-5,12,15-16H,3,6-11,13H2,1-2H3,(H2,27,30)/t15-/m0/s1. The van der Waals surface area contributed by atoms with E-state index in [1.165, 1.54) is 0 Å². The minimum Gasteiger partial charge on any atom is -0.420 e. The number of aromatic nitrogens is 5. The van der Waals surface area contributed by atoms with Crippen molar-refractivity contribution < 1.29 is 9.21 Å². The number of hydrogen-bond donors (Lipinski definition) is 1. The Morgan fingerprint density at radius 3 is 2.57 bits per heavy atom. The Labute approximate surface area is 225 Å². The van der Waals surface area contributed by atoms with Gasteiger partial charge in [-0.2, -0.15) is 0 Å². The summed E-state index contributed by atoms with van der Waals surface area (Å²) in [5, 5.41) is 8.43. The first-order chi connectivity index (χ1) is 17.8. The van der Waals surface area contributed by atoms with Crippen LogP contribution < -0.4 is 10.6 Å². The minimum absolute atomic E-state index is 0.0932. The number of likely N-dealkylation sites (tertiary alicyclic amines) is 1. The predicted molar refractivity (Wildman–Crippen MR) is 141 cm³/mol. The van der Waals surface area contributed by atoms with Crippen LogP contribution in [0.4, 0.5) is 11.6 Å². The molecule has 1 atom stereocenters. The maximum absolute atomic E-state index is 13.0. The van der Waals surface area contributed by atoms with E-state index in [2.05, 4.69) is 41.9 Å². The van der Waals surface area contributed by atoms with Crippen LogP contribution in [0, 0.1) is 6.92 Å². The number of hydrogen-bond acceptors (Lipinski definition) is 10. The summed E-state index contributed by atoms with van der Waals surface area (Å²) in [7, 11) is 0. The first-order valence-electron chi connectivity index (χ1n) is 12.4. The maximum atomic E-state index is 13.0. The molecule has 5 heterocycles. The molecule has 2 N–H and O–H groups in total. The molecule has 3 aromatic rings. The zero-order valence-corrected chi connectivity index (χ0v) is 22.3. The van der Waals surface area contributed by atoms with Crippen molar-refractivity contribution >= 4 is 40.7 Å². The van der Waals surface area contributed by atoms with E-state index in [1.807, 2.05) is 4.90 Å². The van der Waals surface area contributed by atoms with Crippen LogP contribution in [0.3, 0.4) is 0 Å². The molecular weight excluding hydrogens is 517 g/mol. The fourth-order valence-corrected chi connectivity index (χ4v) is 5.60. The van der Waals surface area contributed by atoms with Crippen molar-refractivity contribution in [2.24, 2.45) is 0 Å². The van der Waals surface area contributed by atoms with Gasteiger partial charge in [-0.05, 0) is 31.4 Å². The lowest BCUT2D eigenvalue weighted by Gasteiger charge is -2.47. The summed E-state index contributed by atoms with van der Waals surface area (Å²) in [4.78, 5) is 32.7. The van der Waals surface area contributed by atoms with E-state index < -0.39 is 0 Å². The SMILES string of the molecule is CC[C@H]1CN(c2ncc(-c3nnc(C)o3)nc2Cl)CCN1C1CCN(C(=O)c2ccc(Cl)nc2N)CC1. The predicted octanol–water partition coefficient (Wildman–Crippen LogP) is 3.32. The summed E-state index contributed by atoms with van der Waals surface area (Å²) in [6.45, 7) is 7.75. The number of piperazine rings is 1. The highest BCUT2D eigenvalue weighted by atomic mass is 35.5. The Kier molecular flexibility index (Phi) is 7.45. The maximum Gasteiger partial charge on any atom is 0.267 e. The monoisotopic (exact) mass is 545 g/mol. The van der Waals surface area contributed by atoms with Gasteiger partial charge in [0.1, 0.15) is 16.7 Å². The molecule has 0 bridgehead atoms. The molecule has 2 fully saturated rings. The van der Waals surface area contributed by atoms with Gasteiger partial charge in [0.15, 0.2) is 11.0 Å². The van der Waals surface area contributed by atoms with Crippen LogP contribution in [-0.2, 0) is 0 Å². The molecule has 2 aliphatic rings. The molecule has 0 aliphatic carbocycles. The molecule has 1 amide bonds. The third-order valence-electron chi connectivity index (χ3n) is 7.10. The highest BCUT2D eigenvalue weighted by Gasteiger charge is 2.35. The van der Waals surface area contributed by atoms with Gasteiger partial charge in [-0.15, -0.1) is 10.2 Å². The van der Waals surface area contributed by atoms with Gasteiger partial charge >= 0.3 is 0 Å². The van der Waals surface area contributed by atoms with Gasteiger partial charge in [0, 0.05) is 51.7 Å². The van der Waals surface area contributed by atoms with Crippen molar-refractivity contribution in [2.45, 2.75) is 45.2 Å². The Bertz CT molecular complexity index is 1280. The molecule has 0 unspecified atom stereocenters. The number of carbonyl (C=O) groups is 1. The quantitative estimate of drug-likeness (QED) is 0.476. The Morgan fingerprint density at radius 1 is 1.14 bits per heavy atom. The van der Waals surface area contributed by atoms with Crippen molar-refractivity contribution in [3.63, 3.8) is 0 Å². The number of nitrogens with two attached hydrogens (primary N) is 1. The van der Waals surface area contributed by atoms with Gasteiger partial charge < -0.3 is 20.0 Å². The summed E-state index contributed by atoms with van der Waals surface area (Å²) >= 11 is 12.4. The Hall–Kier alpha value is -3.02. The molecular formula is C24H29Cl2N9O2. The molecule has 3 aromatic heterocycles. The van der Waals surface area contributed by atoms with Crippen molar-refractivity contribution in [2.75, 3.05) is 43.4 Å². The van der Waals surface area contributed by atoms with Crippen molar-refractivity contribution in [3.8, 4) is 11.6 Å².